The molecular weight excluding hydrogens is 202 g/mol. The molecule has 3 fully saturated rings. The van der Waals surface area contributed by atoms with Crippen LogP contribution in [-0.4, -0.2) is 47.4 Å². The highest BCUT2D eigenvalue weighted by molar-refractivity contribution is 4.95. The van der Waals surface area contributed by atoms with Gasteiger partial charge in [0.15, 0.2) is 0 Å². The van der Waals surface area contributed by atoms with Crippen molar-refractivity contribution in [2.75, 3.05) is 13.2 Å². The van der Waals surface area contributed by atoms with E-state index in [0.29, 0.717) is 18.2 Å². The first-order chi connectivity index (χ1) is 7.86. The summed E-state index contributed by atoms with van der Waals surface area (Å²) in [5.74, 6) is 0. The lowest BCUT2D eigenvalue weighted by Crippen LogP contribution is -2.57. The average molecular weight is 225 g/mol. The van der Waals surface area contributed by atoms with Crippen molar-refractivity contribution in [1.29, 1.82) is 0 Å². The molecule has 1 heterocycles. The number of aliphatic hydroxyl groups is 1. The molecule has 2 saturated carbocycles. The quantitative estimate of drug-likeness (QED) is 0.735. The van der Waals surface area contributed by atoms with Crippen molar-refractivity contribution in [1.82, 2.24) is 4.90 Å². The Hall–Kier alpha value is -0.120. The second-order valence-electron chi connectivity index (χ2n) is 5.56. The zero-order valence-electron chi connectivity index (χ0n) is 9.98. The molecule has 3 rings (SSSR count). The molecule has 0 radical (unpaired) electrons. The summed E-state index contributed by atoms with van der Waals surface area (Å²) in [6, 6.07) is 1.02. The third kappa shape index (κ3) is 1.89. The number of ether oxygens (including phenoxy) is 1. The monoisotopic (exact) mass is 225 g/mol. The number of nitrogens with zero attached hydrogens (tertiary/aromatic N) is 1. The minimum Gasteiger partial charge on any atom is -0.391 e. The van der Waals surface area contributed by atoms with E-state index in [1.807, 2.05) is 0 Å². The van der Waals surface area contributed by atoms with Crippen LogP contribution in [0.4, 0.5) is 0 Å². The van der Waals surface area contributed by atoms with E-state index in [9.17, 15) is 5.11 Å². The van der Waals surface area contributed by atoms with Crippen LogP contribution < -0.4 is 0 Å². The highest BCUT2D eigenvalue weighted by Gasteiger charge is 2.41. The van der Waals surface area contributed by atoms with Gasteiger partial charge in [0.1, 0.15) is 0 Å². The van der Waals surface area contributed by atoms with Gasteiger partial charge in [0.25, 0.3) is 0 Å². The van der Waals surface area contributed by atoms with Gasteiger partial charge in [-0.3, -0.25) is 4.90 Å². The Balaban J connectivity index is 1.71. The molecule has 1 N–H and O–H groups in total. The fraction of sp³-hybridized carbons (Fsp3) is 1.00. The fourth-order valence-corrected chi connectivity index (χ4v) is 3.85. The maximum absolute atomic E-state index is 10.2. The lowest BCUT2D eigenvalue weighted by Gasteiger charge is -2.45. The van der Waals surface area contributed by atoms with Crippen LogP contribution in [0.2, 0.25) is 0 Å². The molecule has 16 heavy (non-hydrogen) atoms. The van der Waals surface area contributed by atoms with Gasteiger partial charge in [0.05, 0.1) is 18.8 Å². The summed E-state index contributed by atoms with van der Waals surface area (Å²) in [4.78, 5) is 2.57. The number of rotatable bonds is 1. The molecule has 0 aromatic heterocycles. The molecule has 1 aliphatic heterocycles. The Morgan fingerprint density at radius 1 is 0.938 bits per heavy atom. The zero-order valence-corrected chi connectivity index (χ0v) is 9.98. The van der Waals surface area contributed by atoms with E-state index >= 15 is 0 Å². The molecule has 0 bridgehead atoms. The fourth-order valence-electron chi connectivity index (χ4n) is 3.85. The van der Waals surface area contributed by atoms with Crippen LogP contribution in [0, 0.1) is 0 Å². The topological polar surface area (TPSA) is 32.7 Å². The summed E-state index contributed by atoms with van der Waals surface area (Å²) in [6.07, 6.45) is 8.85. The molecule has 0 aromatic carbocycles. The maximum atomic E-state index is 10.2. The molecule has 0 aromatic rings. The third-order valence-corrected chi connectivity index (χ3v) is 4.65. The number of fused-ring (bicyclic) bond motifs is 1. The SMILES string of the molecule is O[C@@H]1CCCC[C@H]1N1CCOC2CCCC21. The van der Waals surface area contributed by atoms with Crippen molar-refractivity contribution in [2.45, 2.75) is 69.2 Å². The largest absolute Gasteiger partial charge is 0.391 e. The summed E-state index contributed by atoms with van der Waals surface area (Å²) >= 11 is 0. The van der Waals surface area contributed by atoms with Crippen LogP contribution in [0.3, 0.4) is 0 Å². The van der Waals surface area contributed by atoms with Crippen LogP contribution in [0.15, 0.2) is 0 Å². The minimum atomic E-state index is -0.0897. The number of morpholine rings is 1. The number of aliphatic hydroxyl groups excluding tert-OH is 1. The Morgan fingerprint density at radius 3 is 2.62 bits per heavy atom. The first kappa shape index (κ1) is 11.0. The maximum Gasteiger partial charge on any atom is 0.0731 e. The van der Waals surface area contributed by atoms with Gasteiger partial charge in [-0.15, -0.1) is 0 Å². The second-order valence-corrected chi connectivity index (χ2v) is 5.56. The molecule has 3 nitrogen and oxygen atoms in total. The van der Waals surface area contributed by atoms with Crippen molar-refractivity contribution in [3.8, 4) is 0 Å². The molecule has 0 amide bonds. The lowest BCUT2D eigenvalue weighted by molar-refractivity contribution is -0.0990. The van der Waals surface area contributed by atoms with Crippen molar-refractivity contribution in [2.24, 2.45) is 0 Å². The van der Waals surface area contributed by atoms with Gasteiger partial charge < -0.3 is 9.84 Å². The number of hydrogen-bond donors (Lipinski definition) is 1. The second kappa shape index (κ2) is 4.63. The molecule has 2 aliphatic carbocycles. The highest BCUT2D eigenvalue weighted by atomic mass is 16.5. The summed E-state index contributed by atoms with van der Waals surface area (Å²) in [6.45, 7) is 1.90. The molecule has 3 heteroatoms. The van der Waals surface area contributed by atoms with Crippen molar-refractivity contribution in [3.05, 3.63) is 0 Å². The first-order valence-electron chi connectivity index (χ1n) is 6.91. The Morgan fingerprint density at radius 2 is 1.75 bits per heavy atom. The van der Waals surface area contributed by atoms with Crippen molar-refractivity contribution in [3.63, 3.8) is 0 Å². The predicted molar refractivity (Wildman–Crippen MR) is 62.3 cm³/mol. The van der Waals surface area contributed by atoms with Crippen LogP contribution in [0.5, 0.6) is 0 Å². The predicted octanol–water partition coefficient (Wildman–Crippen LogP) is 1.54. The van der Waals surface area contributed by atoms with Gasteiger partial charge >= 0.3 is 0 Å². The normalized spacial score (nSPS) is 45.6. The average Bonchev–Trinajstić information content (AvgIpc) is 2.77. The van der Waals surface area contributed by atoms with Crippen molar-refractivity contribution >= 4 is 0 Å². The van der Waals surface area contributed by atoms with Crippen LogP contribution >= 0.6 is 0 Å². The summed E-state index contributed by atoms with van der Waals surface area (Å²) < 4.78 is 5.83. The Kier molecular flexibility index (Phi) is 3.18. The highest BCUT2D eigenvalue weighted by Crippen LogP contribution is 2.34. The van der Waals surface area contributed by atoms with Crippen LogP contribution in [0.25, 0.3) is 0 Å². The molecule has 4 atom stereocenters. The third-order valence-electron chi connectivity index (χ3n) is 4.65. The minimum absolute atomic E-state index is 0.0897. The van der Waals surface area contributed by atoms with Crippen LogP contribution in [0.1, 0.15) is 44.9 Å². The molecule has 0 spiro atoms. The Bertz CT molecular complexity index is 246. The summed E-state index contributed by atoms with van der Waals surface area (Å²) in [5.41, 5.74) is 0. The summed E-state index contributed by atoms with van der Waals surface area (Å²) in [7, 11) is 0. The van der Waals surface area contributed by atoms with E-state index in [0.717, 1.165) is 19.6 Å². The van der Waals surface area contributed by atoms with Crippen LogP contribution in [-0.2, 0) is 4.74 Å². The molecule has 3 aliphatic rings. The van der Waals surface area contributed by atoms with Gasteiger partial charge in [-0.1, -0.05) is 12.8 Å². The van der Waals surface area contributed by atoms with E-state index < -0.39 is 0 Å². The zero-order chi connectivity index (χ0) is 11.0. The van der Waals surface area contributed by atoms with Gasteiger partial charge in [-0.25, -0.2) is 0 Å². The van der Waals surface area contributed by atoms with E-state index in [1.165, 1.54) is 38.5 Å². The van der Waals surface area contributed by atoms with E-state index in [1.54, 1.807) is 0 Å². The van der Waals surface area contributed by atoms with E-state index in [4.69, 9.17) is 4.74 Å². The van der Waals surface area contributed by atoms with Gasteiger partial charge in [-0.05, 0) is 32.1 Å². The van der Waals surface area contributed by atoms with E-state index in [2.05, 4.69) is 4.90 Å². The lowest BCUT2D eigenvalue weighted by atomic mass is 9.89. The summed E-state index contributed by atoms with van der Waals surface area (Å²) in [5, 5.41) is 10.2. The standard InChI is InChI=1S/C13H23NO2/c15-12-6-2-1-4-10(12)14-8-9-16-13-7-3-5-11(13)14/h10-13,15H,1-9H2/t10-,11?,12-,13?/m1/s1. The smallest absolute Gasteiger partial charge is 0.0731 e. The Labute approximate surface area is 97.8 Å². The molecule has 2 unspecified atom stereocenters. The number of hydrogen-bond acceptors (Lipinski definition) is 3. The van der Waals surface area contributed by atoms with Gasteiger partial charge in [0.2, 0.25) is 0 Å². The first-order valence-corrected chi connectivity index (χ1v) is 6.91. The molecular formula is C13H23NO2. The van der Waals surface area contributed by atoms with Gasteiger partial charge in [-0.2, -0.15) is 0 Å². The van der Waals surface area contributed by atoms with E-state index in [-0.39, 0.29) is 6.10 Å². The van der Waals surface area contributed by atoms with Gasteiger partial charge in [0, 0.05) is 18.6 Å². The molecule has 92 valence electrons. The van der Waals surface area contributed by atoms with Crippen molar-refractivity contribution < 1.29 is 9.84 Å². The molecule has 1 saturated heterocycles.